The first-order valence-electron chi connectivity index (χ1n) is 8.85. The van der Waals surface area contributed by atoms with E-state index < -0.39 is 0 Å². The standard InChI is InChI=1S/C19H20N4OS/c1-10-5-6-11(2)13-12(10)9-19(7-3-4-8-19)14-15(13)20-17-21-22-18(25)23(17)16(14)24/h5-6H,3-4,7-9H2,1-2H3,(H,20,21)(H,22,25). The van der Waals surface area contributed by atoms with E-state index in [2.05, 4.69) is 36.2 Å². The zero-order valence-electron chi connectivity index (χ0n) is 14.4. The molecule has 1 saturated carbocycles. The normalized spacial score (nSPS) is 17.8. The Balaban J connectivity index is 2.00. The third kappa shape index (κ3) is 1.86. The Morgan fingerprint density at radius 2 is 1.88 bits per heavy atom. The van der Waals surface area contributed by atoms with E-state index in [9.17, 15) is 4.79 Å². The first-order valence-corrected chi connectivity index (χ1v) is 9.26. The number of hydrogen-bond donors (Lipinski definition) is 2. The van der Waals surface area contributed by atoms with Gasteiger partial charge in [-0.25, -0.2) is 9.38 Å². The van der Waals surface area contributed by atoms with E-state index in [1.165, 1.54) is 33.9 Å². The Hall–Kier alpha value is -2.21. The summed E-state index contributed by atoms with van der Waals surface area (Å²) in [6.07, 6.45) is 5.38. The van der Waals surface area contributed by atoms with Crippen LogP contribution in [0.3, 0.4) is 0 Å². The maximum absolute atomic E-state index is 13.4. The van der Waals surface area contributed by atoms with Crippen molar-refractivity contribution in [2.24, 2.45) is 0 Å². The molecule has 1 spiro atoms. The minimum absolute atomic E-state index is 0.00374. The molecular weight excluding hydrogens is 332 g/mol. The molecule has 5 rings (SSSR count). The van der Waals surface area contributed by atoms with Crippen LogP contribution in [0.1, 0.15) is 47.9 Å². The molecule has 6 heteroatoms. The molecule has 1 fully saturated rings. The van der Waals surface area contributed by atoms with Gasteiger partial charge < -0.3 is 0 Å². The van der Waals surface area contributed by atoms with Crippen molar-refractivity contribution in [2.45, 2.75) is 51.4 Å². The van der Waals surface area contributed by atoms with Gasteiger partial charge in [-0.1, -0.05) is 25.0 Å². The van der Waals surface area contributed by atoms with Crippen molar-refractivity contribution in [3.8, 4) is 11.3 Å². The van der Waals surface area contributed by atoms with E-state index in [0.29, 0.717) is 10.5 Å². The lowest BCUT2D eigenvalue weighted by Crippen LogP contribution is -2.38. The van der Waals surface area contributed by atoms with Crippen molar-refractivity contribution in [3.63, 3.8) is 0 Å². The van der Waals surface area contributed by atoms with Crippen molar-refractivity contribution in [1.29, 1.82) is 0 Å². The number of benzene rings is 1. The molecule has 2 aliphatic carbocycles. The van der Waals surface area contributed by atoms with Crippen molar-refractivity contribution in [2.75, 3.05) is 0 Å². The Kier molecular flexibility index (Phi) is 2.96. The molecule has 5 nitrogen and oxygen atoms in total. The number of fused-ring (bicyclic) bond motifs is 5. The predicted octanol–water partition coefficient (Wildman–Crippen LogP) is 3.73. The van der Waals surface area contributed by atoms with E-state index in [1.54, 1.807) is 0 Å². The molecule has 2 N–H and O–H groups in total. The van der Waals surface area contributed by atoms with Gasteiger partial charge in [-0.05, 0) is 62.0 Å². The van der Waals surface area contributed by atoms with Crippen molar-refractivity contribution in [1.82, 2.24) is 19.6 Å². The average molecular weight is 352 g/mol. The van der Waals surface area contributed by atoms with Gasteiger partial charge in [0.2, 0.25) is 10.5 Å². The second kappa shape index (κ2) is 4.91. The largest absolute Gasteiger partial charge is 0.273 e. The lowest BCUT2D eigenvalue weighted by atomic mass is 9.67. The van der Waals surface area contributed by atoms with Gasteiger partial charge in [0, 0.05) is 11.0 Å². The van der Waals surface area contributed by atoms with E-state index in [1.807, 2.05) is 0 Å². The zero-order chi connectivity index (χ0) is 17.3. The van der Waals surface area contributed by atoms with Crippen LogP contribution in [0.5, 0.6) is 0 Å². The summed E-state index contributed by atoms with van der Waals surface area (Å²) in [7, 11) is 0. The Morgan fingerprint density at radius 3 is 2.64 bits per heavy atom. The van der Waals surface area contributed by atoms with Crippen LogP contribution in [-0.4, -0.2) is 19.6 Å². The number of rotatable bonds is 0. The number of nitrogens with one attached hydrogen (secondary N) is 2. The maximum atomic E-state index is 13.4. The molecule has 3 aromatic rings. The SMILES string of the molecule is Cc1ccc(C)c2c1CC1(CCCC1)c1c-2nc2[nH][nH]c(=S)n2c1=O. The van der Waals surface area contributed by atoms with Crippen LogP contribution in [0, 0.1) is 18.6 Å². The molecule has 0 radical (unpaired) electrons. The fourth-order valence-electron chi connectivity index (χ4n) is 4.95. The summed E-state index contributed by atoms with van der Waals surface area (Å²) in [6.45, 7) is 4.28. The quantitative estimate of drug-likeness (QED) is 0.606. The van der Waals surface area contributed by atoms with Crippen LogP contribution >= 0.6 is 12.2 Å². The monoisotopic (exact) mass is 352 g/mol. The summed E-state index contributed by atoms with van der Waals surface area (Å²) in [5.74, 6) is 0.496. The summed E-state index contributed by atoms with van der Waals surface area (Å²) < 4.78 is 1.90. The van der Waals surface area contributed by atoms with E-state index >= 15 is 0 Å². The van der Waals surface area contributed by atoms with Crippen LogP contribution in [0.2, 0.25) is 0 Å². The third-order valence-electron chi connectivity index (χ3n) is 6.17. The van der Waals surface area contributed by atoms with Gasteiger partial charge in [-0.15, -0.1) is 0 Å². The zero-order valence-corrected chi connectivity index (χ0v) is 15.2. The minimum Gasteiger partial charge on any atom is -0.273 e. The number of aryl methyl sites for hydroxylation is 2. The van der Waals surface area contributed by atoms with E-state index in [4.69, 9.17) is 17.2 Å². The van der Waals surface area contributed by atoms with Crippen molar-refractivity contribution in [3.05, 3.63) is 49.5 Å². The maximum Gasteiger partial charge on any atom is 0.265 e. The number of aromatic amines is 2. The minimum atomic E-state index is -0.0921. The lowest BCUT2D eigenvalue weighted by molar-refractivity contribution is 0.425. The van der Waals surface area contributed by atoms with Crippen LogP contribution in [0.25, 0.3) is 17.0 Å². The molecule has 0 aliphatic heterocycles. The van der Waals surface area contributed by atoms with Crippen molar-refractivity contribution < 1.29 is 0 Å². The van der Waals surface area contributed by atoms with Gasteiger partial charge in [0.15, 0.2) is 0 Å². The fraction of sp³-hybridized carbons (Fsp3) is 0.421. The molecule has 0 saturated heterocycles. The number of hydrogen-bond acceptors (Lipinski definition) is 3. The van der Waals surface area contributed by atoms with Crippen LogP contribution in [0.15, 0.2) is 16.9 Å². The van der Waals surface area contributed by atoms with Gasteiger partial charge in [0.1, 0.15) is 0 Å². The molecule has 0 unspecified atom stereocenters. The Labute approximate surface area is 150 Å². The second-order valence-corrected chi connectivity index (χ2v) is 7.96. The summed E-state index contributed by atoms with van der Waals surface area (Å²) >= 11 is 5.30. The highest BCUT2D eigenvalue weighted by atomic mass is 32.1. The highest BCUT2D eigenvalue weighted by Crippen LogP contribution is 2.51. The van der Waals surface area contributed by atoms with Gasteiger partial charge in [0.25, 0.3) is 5.56 Å². The third-order valence-corrected chi connectivity index (χ3v) is 6.45. The Morgan fingerprint density at radius 1 is 1.16 bits per heavy atom. The smallest absolute Gasteiger partial charge is 0.265 e. The van der Waals surface area contributed by atoms with Gasteiger partial charge >= 0.3 is 0 Å². The Bertz CT molecular complexity index is 1140. The molecule has 25 heavy (non-hydrogen) atoms. The molecule has 0 bridgehead atoms. The molecule has 128 valence electrons. The van der Waals surface area contributed by atoms with Gasteiger partial charge in [0.05, 0.1) is 11.3 Å². The van der Waals surface area contributed by atoms with E-state index in [-0.39, 0.29) is 11.0 Å². The molecule has 2 aromatic heterocycles. The molecule has 0 amide bonds. The van der Waals surface area contributed by atoms with Crippen LogP contribution < -0.4 is 5.56 Å². The number of H-pyrrole nitrogens is 2. The highest BCUT2D eigenvalue weighted by molar-refractivity contribution is 7.71. The van der Waals surface area contributed by atoms with Gasteiger partial charge in [-0.3, -0.25) is 15.0 Å². The summed E-state index contributed by atoms with van der Waals surface area (Å²) in [4.78, 5) is 18.3. The second-order valence-electron chi connectivity index (χ2n) is 7.57. The lowest BCUT2D eigenvalue weighted by Gasteiger charge is -2.37. The number of nitrogens with zero attached hydrogens (tertiary/aromatic N) is 2. The first-order chi connectivity index (χ1) is 12.0. The summed E-state index contributed by atoms with van der Waals surface area (Å²) in [5.41, 5.74) is 6.62. The van der Waals surface area contributed by atoms with Gasteiger partial charge in [-0.2, -0.15) is 0 Å². The van der Waals surface area contributed by atoms with Crippen LogP contribution in [-0.2, 0) is 11.8 Å². The first kappa shape index (κ1) is 15.1. The average Bonchev–Trinajstić information content (AvgIpc) is 3.19. The molecule has 0 atom stereocenters. The van der Waals surface area contributed by atoms with E-state index in [0.717, 1.165) is 36.1 Å². The summed E-state index contributed by atoms with van der Waals surface area (Å²) in [6, 6.07) is 4.32. The number of aromatic nitrogens is 4. The molecule has 2 heterocycles. The molecule has 2 aliphatic rings. The van der Waals surface area contributed by atoms with Crippen LogP contribution in [0.4, 0.5) is 0 Å². The topological polar surface area (TPSA) is 65.9 Å². The highest BCUT2D eigenvalue weighted by Gasteiger charge is 2.45. The van der Waals surface area contributed by atoms with Crippen molar-refractivity contribution >= 4 is 18.0 Å². The summed E-state index contributed by atoms with van der Waals surface area (Å²) in [5, 5.41) is 5.81. The predicted molar refractivity (Wildman–Crippen MR) is 99.8 cm³/mol. The molecule has 1 aromatic carbocycles. The fourth-order valence-corrected chi connectivity index (χ4v) is 5.17. The molecular formula is C19H20N4OS.